The highest BCUT2D eigenvalue weighted by Gasteiger charge is 2.15. The highest BCUT2D eigenvalue weighted by Crippen LogP contribution is 2.34. The normalized spacial score (nSPS) is 14.7. The average molecular weight is 433 g/mol. The largest absolute Gasteiger partial charge is 0.497 e. The van der Waals surface area contributed by atoms with E-state index < -0.39 is 0 Å². The van der Waals surface area contributed by atoms with Crippen LogP contribution in [0.15, 0.2) is 48.7 Å². The maximum absolute atomic E-state index is 6.29. The van der Waals surface area contributed by atoms with Crippen LogP contribution in [0.3, 0.4) is 0 Å². The van der Waals surface area contributed by atoms with E-state index in [1.54, 1.807) is 7.11 Å². The van der Waals surface area contributed by atoms with Gasteiger partial charge >= 0.3 is 6.01 Å². The second-order valence-corrected chi connectivity index (χ2v) is 8.10. The summed E-state index contributed by atoms with van der Waals surface area (Å²) in [5, 5.41) is 1.77. The molecule has 1 saturated heterocycles. The fraction of sp³-hybridized carbons (Fsp3) is 0.360. The molecule has 5 rings (SSSR count). The molecular weight excluding hydrogens is 404 g/mol. The summed E-state index contributed by atoms with van der Waals surface area (Å²) in [6.45, 7) is 4.00. The van der Waals surface area contributed by atoms with Crippen LogP contribution >= 0.6 is 0 Å². The highest BCUT2D eigenvalue weighted by atomic mass is 16.5. The third-order valence-corrected chi connectivity index (χ3v) is 5.91. The second-order valence-electron chi connectivity index (χ2n) is 8.10. The van der Waals surface area contributed by atoms with Crippen LogP contribution in [0.2, 0.25) is 0 Å². The molecule has 0 bridgehead atoms. The number of fused-ring (bicyclic) bond motifs is 2. The summed E-state index contributed by atoms with van der Waals surface area (Å²) in [5.74, 6) is 1.90. The monoisotopic (exact) mass is 432 g/mol. The Hall–Kier alpha value is -3.32. The first-order chi connectivity index (χ1) is 15.8. The lowest BCUT2D eigenvalue weighted by Crippen LogP contribution is -2.31. The lowest BCUT2D eigenvalue weighted by molar-refractivity contribution is 0.200. The smallest absolute Gasteiger partial charge is 0.320 e. The number of nitrogens with zero attached hydrogens (tertiary/aromatic N) is 3. The van der Waals surface area contributed by atoms with Crippen LogP contribution in [-0.4, -0.2) is 53.2 Å². The van der Waals surface area contributed by atoms with E-state index >= 15 is 0 Å². The van der Waals surface area contributed by atoms with E-state index in [2.05, 4.69) is 19.9 Å². The molecule has 0 amide bonds. The van der Waals surface area contributed by atoms with Gasteiger partial charge < -0.3 is 24.1 Å². The first kappa shape index (κ1) is 20.6. The van der Waals surface area contributed by atoms with Crippen LogP contribution < -0.4 is 14.2 Å². The molecule has 0 aliphatic carbocycles. The minimum Gasteiger partial charge on any atom is -0.497 e. The molecule has 1 aliphatic rings. The zero-order valence-corrected chi connectivity index (χ0v) is 18.3. The summed E-state index contributed by atoms with van der Waals surface area (Å²) in [4.78, 5) is 14.9. The van der Waals surface area contributed by atoms with E-state index in [9.17, 15) is 0 Å². The Balaban J connectivity index is 1.38. The molecule has 3 heterocycles. The Bertz CT molecular complexity index is 1200. The maximum Gasteiger partial charge on any atom is 0.320 e. The molecule has 166 valence electrons. The molecule has 0 atom stereocenters. The number of aromatic amines is 1. The van der Waals surface area contributed by atoms with E-state index in [-0.39, 0.29) is 0 Å². The summed E-state index contributed by atoms with van der Waals surface area (Å²) < 4.78 is 17.6. The predicted octanol–water partition coefficient (Wildman–Crippen LogP) is 5.17. The molecule has 1 N–H and O–H groups in total. The Morgan fingerprint density at radius 3 is 2.78 bits per heavy atom. The Kier molecular flexibility index (Phi) is 6.07. The van der Waals surface area contributed by atoms with Gasteiger partial charge in [0.15, 0.2) is 0 Å². The lowest BCUT2D eigenvalue weighted by atomic mass is 10.1. The summed E-state index contributed by atoms with van der Waals surface area (Å²) in [6.07, 6.45) is 6.79. The van der Waals surface area contributed by atoms with Gasteiger partial charge in [0.1, 0.15) is 11.5 Å². The number of H-pyrrole nitrogens is 1. The molecule has 2 aromatic heterocycles. The summed E-state index contributed by atoms with van der Waals surface area (Å²) in [5.41, 5.74) is 1.76. The van der Waals surface area contributed by atoms with Gasteiger partial charge in [-0.2, -0.15) is 9.97 Å². The van der Waals surface area contributed by atoms with Crippen LogP contribution in [0, 0.1) is 0 Å². The number of rotatable bonds is 8. The van der Waals surface area contributed by atoms with Crippen LogP contribution in [0.1, 0.15) is 25.7 Å². The van der Waals surface area contributed by atoms with Crippen molar-refractivity contribution in [1.29, 1.82) is 0 Å². The minimum atomic E-state index is 0.331. The number of piperidine rings is 1. The van der Waals surface area contributed by atoms with E-state index in [4.69, 9.17) is 14.2 Å². The fourth-order valence-corrected chi connectivity index (χ4v) is 4.21. The van der Waals surface area contributed by atoms with Gasteiger partial charge in [0.25, 0.3) is 0 Å². The maximum atomic E-state index is 6.29. The van der Waals surface area contributed by atoms with Gasteiger partial charge in [-0.25, -0.2) is 0 Å². The molecule has 0 radical (unpaired) electrons. The van der Waals surface area contributed by atoms with Crippen molar-refractivity contribution < 1.29 is 14.2 Å². The van der Waals surface area contributed by atoms with Crippen LogP contribution in [0.5, 0.6) is 23.4 Å². The SMILES string of the molecule is COc1ccc2nc(OCCCN3CCCCC3)nc(Oc3cccc4[nH]ccc34)c2c1. The van der Waals surface area contributed by atoms with Gasteiger partial charge in [-0.15, -0.1) is 0 Å². The van der Waals surface area contributed by atoms with Crippen molar-refractivity contribution in [3.63, 3.8) is 0 Å². The van der Waals surface area contributed by atoms with Gasteiger partial charge in [-0.3, -0.25) is 0 Å². The molecule has 0 saturated carbocycles. The van der Waals surface area contributed by atoms with E-state index in [0.29, 0.717) is 18.5 Å². The average Bonchev–Trinajstić information content (AvgIpc) is 3.32. The molecule has 32 heavy (non-hydrogen) atoms. The van der Waals surface area contributed by atoms with Crippen molar-refractivity contribution in [2.75, 3.05) is 33.4 Å². The first-order valence-electron chi connectivity index (χ1n) is 11.2. The lowest BCUT2D eigenvalue weighted by Gasteiger charge is -2.26. The molecule has 7 nitrogen and oxygen atoms in total. The Morgan fingerprint density at radius 1 is 1.00 bits per heavy atom. The summed E-state index contributed by atoms with van der Waals surface area (Å²) >= 11 is 0. The number of likely N-dealkylation sites (tertiary alicyclic amines) is 1. The minimum absolute atomic E-state index is 0.331. The summed E-state index contributed by atoms with van der Waals surface area (Å²) in [6, 6.07) is 13.9. The molecule has 2 aromatic carbocycles. The first-order valence-corrected chi connectivity index (χ1v) is 11.2. The van der Waals surface area contributed by atoms with Gasteiger partial charge in [0, 0.05) is 23.6 Å². The zero-order chi connectivity index (χ0) is 21.8. The third-order valence-electron chi connectivity index (χ3n) is 5.91. The molecule has 4 aromatic rings. The van der Waals surface area contributed by atoms with E-state index in [1.807, 2.05) is 48.7 Å². The number of nitrogens with one attached hydrogen (secondary N) is 1. The van der Waals surface area contributed by atoms with Crippen molar-refractivity contribution >= 4 is 21.8 Å². The van der Waals surface area contributed by atoms with Crippen molar-refractivity contribution in [2.45, 2.75) is 25.7 Å². The van der Waals surface area contributed by atoms with Gasteiger partial charge in [0.2, 0.25) is 5.88 Å². The van der Waals surface area contributed by atoms with Gasteiger partial charge in [-0.1, -0.05) is 12.5 Å². The molecule has 7 heteroatoms. The highest BCUT2D eigenvalue weighted by molar-refractivity contribution is 5.88. The standard InChI is InChI=1S/C25H28N4O3/c1-30-18-9-10-22-20(17-18)24(32-23-8-5-7-21-19(23)11-12-26-21)28-25(27-22)31-16-6-15-29-13-3-2-4-14-29/h5,7-12,17,26H,2-4,6,13-16H2,1H3. The number of hydrogen-bond donors (Lipinski definition) is 1. The third kappa shape index (κ3) is 4.48. The van der Waals surface area contributed by atoms with Crippen LogP contribution in [0.4, 0.5) is 0 Å². The topological polar surface area (TPSA) is 72.5 Å². The number of hydrogen-bond acceptors (Lipinski definition) is 6. The second kappa shape index (κ2) is 9.44. The number of ether oxygens (including phenoxy) is 3. The summed E-state index contributed by atoms with van der Waals surface area (Å²) in [7, 11) is 1.64. The van der Waals surface area contributed by atoms with Crippen molar-refractivity contribution in [1.82, 2.24) is 19.9 Å². The predicted molar refractivity (Wildman–Crippen MR) is 125 cm³/mol. The van der Waals surface area contributed by atoms with E-state index in [1.165, 1.54) is 32.4 Å². The Morgan fingerprint density at radius 2 is 1.91 bits per heavy atom. The molecule has 1 fully saturated rings. The van der Waals surface area contributed by atoms with Crippen molar-refractivity contribution in [3.8, 4) is 23.4 Å². The quantitative estimate of drug-likeness (QED) is 0.388. The number of methoxy groups -OCH3 is 1. The number of benzene rings is 2. The molecular formula is C25H28N4O3. The molecule has 0 unspecified atom stereocenters. The van der Waals surface area contributed by atoms with Crippen molar-refractivity contribution in [2.24, 2.45) is 0 Å². The molecule has 0 spiro atoms. The van der Waals surface area contributed by atoms with Crippen LogP contribution in [0.25, 0.3) is 21.8 Å². The van der Waals surface area contributed by atoms with Crippen LogP contribution in [-0.2, 0) is 0 Å². The van der Waals surface area contributed by atoms with Gasteiger partial charge in [-0.05, 0) is 68.8 Å². The van der Waals surface area contributed by atoms with Crippen molar-refractivity contribution in [3.05, 3.63) is 48.7 Å². The van der Waals surface area contributed by atoms with Gasteiger partial charge in [0.05, 0.1) is 24.6 Å². The molecule has 1 aliphatic heterocycles. The van der Waals surface area contributed by atoms with E-state index in [0.717, 1.165) is 46.3 Å². The number of aromatic nitrogens is 3. The zero-order valence-electron chi connectivity index (χ0n) is 18.3. The Labute approximate surface area is 187 Å². The fourth-order valence-electron chi connectivity index (χ4n) is 4.21.